The third kappa shape index (κ3) is 11.8. The Hall–Kier alpha value is -0.500. The average Bonchev–Trinajstić information content (AvgIpc) is 2.62. The maximum Gasteiger partial charge on any atom is 0.406 e. The Balaban J connectivity index is 2.53. The molecular weight excluding hydrogens is 419 g/mol. The van der Waals surface area contributed by atoms with Gasteiger partial charge in [0.05, 0.1) is 29.8 Å². The Kier molecular flexibility index (Phi) is 11.1. The van der Waals surface area contributed by atoms with Crippen LogP contribution in [0.5, 0.6) is 0 Å². The van der Waals surface area contributed by atoms with Gasteiger partial charge < -0.3 is 9.47 Å². The second-order valence-corrected chi connectivity index (χ2v) is 12.1. The van der Waals surface area contributed by atoms with Gasteiger partial charge in [-0.2, -0.15) is 0 Å². The highest BCUT2D eigenvalue weighted by Gasteiger charge is 2.37. The Bertz CT molecular complexity index is 597. The zero-order valence-electron chi connectivity index (χ0n) is 20.9. The fraction of sp³-hybridized carbons (Fsp3) is 0.955. The quantitative estimate of drug-likeness (QED) is 0.244. The lowest BCUT2D eigenvalue weighted by molar-refractivity contribution is -0.154. The van der Waals surface area contributed by atoms with Gasteiger partial charge in [-0.1, -0.05) is 13.3 Å². The largest absolute Gasteiger partial charge is 0.464 e. The lowest BCUT2D eigenvalue weighted by Gasteiger charge is -2.34. The summed E-state index contributed by atoms with van der Waals surface area (Å²) in [6.45, 7) is 19.5. The van der Waals surface area contributed by atoms with Gasteiger partial charge >= 0.3 is 13.7 Å². The predicted octanol–water partition coefficient (Wildman–Crippen LogP) is 4.39. The van der Waals surface area contributed by atoms with Crippen LogP contribution in [0.15, 0.2) is 0 Å². The van der Waals surface area contributed by atoms with E-state index in [4.69, 9.17) is 18.5 Å². The summed E-state index contributed by atoms with van der Waals surface area (Å²) >= 11 is 0. The summed E-state index contributed by atoms with van der Waals surface area (Å²) in [4.78, 5) is 14.9. The van der Waals surface area contributed by atoms with E-state index in [9.17, 15) is 9.36 Å². The molecule has 31 heavy (non-hydrogen) atoms. The number of esters is 1. The standard InChI is InChI=1S/C22H45N2O6P/c1-9-10-22(7,8)30-31(26,29-20(2,3)4)23-12-16-28-19(25)21(5,6)11-13-24-14-17-27-18-15-24/h9-18H2,1-8H3,(H,23,26). The molecule has 0 radical (unpaired) electrons. The Morgan fingerprint density at radius 1 is 1.03 bits per heavy atom. The van der Waals surface area contributed by atoms with Gasteiger partial charge in [0.25, 0.3) is 0 Å². The van der Waals surface area contributed by atoms with Crippen molar-refractivity contribution in [2.75, 3.05) is 46.0 Å². The van der Waals surface area contributed by atoms with E-state index in [2.05, 4.69) is 9.99 Å². The Labute approximate surface area is 189 Å². The Morgan fingerprint density at radius 3 is 2.19 bits per heavy atom. The van der Waals surface area contributed by atoms with Gasteiger partial charge in [0, 0.05) is 19.6 Å². The van der Waals surface area contributed by atoms with E-state index >= 15 is 0 Å². The minimum atomic E-state index is -3.58. The first-order chi connectivity index (χ1) is 14.2. The van der Waals surface area contributed by atoms with E-state index in [1.807, 2.05) is 55.4 Å². The number of carbonyl (C=O) groups excluding carboxylic acids is 1. The number of hydrogen-bond donors (Lipinski definition) is 1. The molecule has 1 aliphatic heterocycles. The van der Waals surface area contributed by atoms with Crippen LogP contribution < -0.4 is 5.09 Å². The fourth-order valence-electron chi connectivity index (χ4n) is 3.30. The highest BCUT2D eigenvalue weighted by atomic mass is 31.2. The highest BCUT2D eigenvalue weighted by Crippen LogP contribution is 2.51. The molecule has 9 heteroatoms. The van der Waals surface area contributed by atoms with Crippen molar-refractivity contribution in [3.8, 4) is 0 Å². The molecule has 8 nitrogen and oxygen atoms in total. The number of carbonyl (C=O) groups is 1. The van der Waals surface area contributed by atoms with E-state index in [0.29, 0.717) is 6.42 Å². The zero-order chi connectivity index (χ0) is 23.8. The summed E-state index contributed by atoms with van der Waals surface area (Å²) in [5.41, 5.74) is -1.84. The minimum Gasteiger partial charge on any atom is -0.464 e. The number of nitrogens with zero attached hydrogens (tertiary/aromatic N) is 1. The number of rotatable bonds is 13. The summed E-state index contributed by atoms with van der Waals surface area (Å²) in [5.74, 6) is -0.263. The third-order valence-corrected chi connectivity index (χ3v) is 7.10. The van der Waals surface area contributed by atoms with Gasteiger partial charge in [0.1, 0.15) is 6.61 Å². The Morgan fingerprint density at radius 2 is 1.65 bits per heavy atom. The maximum absolute atomic E-state index is 13.3. The molecule has 0 aliphatic carbocycles. The van der Waals surface area contributed by atoms with E-state index < -0.39 is 24.4 Å². The second kappa shape index (κ2) is 12.1. The normalized spacial score (nSPS) is 18.6. The first kappa shape index (κ1) is 28.5. The number of morpholine rings is 1. The molecule has 0 bridgehead atoms. The van der Waals surface area contributed by atoms with Gasteiger partial charge in [-0.3, -0.25) is 18.7 Å². The van der Waals surface area contributed by atoms with E-state index in [-0.39, 0.29) is 19.1 Å². The molecule has 0 aromatic carbocycles. The van der Waals surface area contributed by atoms with Gasteiger partial charge in [-0.15, -0.1) is 0 Å². The van der Waals surface area contributed by atoms with Crippen LogP contribution in [0.4, 0.5) is 0 Å². The molecule has 1 saturated heterocycles. The number of nitrogens with one attached hydrogen (secondary N) is 1. The van der Waals surface area contributed by atoms with Gasteiger partial charge in [0.15, 0.2) is 0 Å². The van der Waals surface area contributed by atoms with E-state index in [1.54, 1.807) is 0 Å². The van der Waals surface area contributed by atoms with Crippen LogP contribution in [-0.2, 0) is 27.9 Å². The molecule has 0 amide bonds. The molecule has 0 spiro atoms. The van der Waals surface area contributed by atoms with Gasteiger partial charge in [0.2, 0.25) is 0 Å². The average molecular weight is 465 g/mol. The van der Waals surface area contributed by atoms with Crippen molar-refractivity contribution in [3.05, 3.63) is 0 Å². The molecule has 0 aromatic heterocycles. The summed E-state index contributed by atoms with van der Waals surface area (Å²) in [7, 11) is -3.58. The lowest BCUT2D eigenvalue weighted by atomic mass is 9.89. The lowest BCUT2D eigenvalue weighted by Crippen LogP contribution is -2.40. The van der Waals surface area contributed by atoms with Crippen molar-refractivity contribution < 1.29 is 27.9 Å². The van der Waals surface area contributed by atoms with Crippen LogP contribution >= 0.6 is 7.75 Å². The van der Waals surface area contributed by atoms with Crippen LogP contribution in [0.3, 0.4) is 0 Å². The predicted molar refractivity (Wildman–Crippen MR) is 123 cm³/mol. The van der Waals surface area contributed by atoms with Crippen LogP contribution in [0.2, 0.25) is 0 Å². The third-order valence-electron chi connectivity index (χ3n) is 4.96. The van der Waals surface area contributed by atoms with Crippen LogP contribution in [0.1, 0.15) is 74.7 Å². The number of ether oxygens (including phenoxy) is 2. The topological polar surface area (TPSA) is 86.3 Å². The van der Waals surface area contributed by atoms with Crippen LogP contribution in [-0.4, -0.2) is 68.1 Å². The minimum absolute atomic E-state index is 0.0921. The molecule has 0 aromatic rings. The van der Waals surface area contributed by atoms with Crippen molar-refractivity contribution in [1.82, 2.24) is 9.99 Å². The van der Waals surface area contributed by atoms with Gasteiger partial charge in [-0.05, 0) is 67.9 Å². The maximum atomic E-state index is 13.3. The summed E-state index contributed by atoms with van der Waals surface area (Å²) in [5, 5.41) is 2.87. The molecular formula is C22H45N2O6P. The van der Waals surface area contributed by atoms with Crippen molar-refractivity contribution >= 4 is 13.7 Å². The zero-order valence-corrected chi connectivity index (χ0v) is 21.8. The molecule has 1 atom stereocenters. The van der Waals surface area contributed by atoms with Crippen molar-refractivity contribution in [3.63, 3.8) is 0 Å². The molecule has 1 heterocycles. The molecule has 1 rings (SSSR count). The first-order valence-corrected chi connectivity index (χ1v) is 13.0. The van der Waals surface area contributed by atoms with E-state index in [0.717, 1.165) is 45.7 Å². The highest BCUT2D eigenvalue weighted by molar-refractivity contribution is 7.51. The smallest absolute Gasteiger partial charge is 0.406 e. The van der Waals surface area contributed by atoms with Crippen LogP contribution in [0.25, 0.3) is 0 Å². The molecule has 1 unspecified atom stereocenters. The monoisotopic (exact) mass is 464 g/mol. The summed E-state index contributed by atoms with van der Waals surface area (Å²) in [6, 6.07) is 0. The molecule has 0 saturated carbocycles. The van der Waals surface area contributed by atoms with Gasteiger partial charge in [-0.25, -0.2) is 9.65 Å². The molecule has 1 aliphatic rings. The molecule has 184 valence electrons. The molecule has 1 fully saturated rings. The van der Waals surface area contributed by atoms with Crippen molar-refractivity contribution in [1.29, 1.82) is 0 Å². The summed E-state index contributed by atoms with van der Waals surface area (Å²) < 4.78 is 35.8. The van der Waals surface area contributed by atoms with E-state index in [1.165, 1.54) is 0 Å². The number of hydrogen-bond acceptors (Lipinski definition) is 7. The second-order valence-electron chi connectivity index (χ2n) is 10.4. The fourth-order valence-corrected chi connectivity index (χ4v) is 5.30. The molecule has 1 N–H and O–H groups in total. The van der Waals surface area contributed by atoms with Crippen molar-refractivity contribution in [2.24, 2.45) is 5.41 Å². The van der Waals surface area contributed by atoms with Crippen molar-refractivity contribution in [2.45, 2.75) is 85.9 Å². The summed E-state index contributed by atoms with van der Waals surface area (Å²) in [6.07, 6.45) is 2.36. The van der Waals surface area contributed by atoms with Crippen LogP contribution in [0, 0.1) is 5.41 Å². The first-order valence-electron chi connectivity index (χ1n) is 11.4. The SMILES string of the molecule is CCCC(C)(C)OP(=O)(NCCOC(=O)C(C)(C)CCN1CCOCC1)OC(C)(C)C.